The van der Waals surface area contributed by atoms with E-state index >= 15 is 0 Å². The maximum atomic E-state index is 12.9. The molecule has 1 aromatic rings. The first kappa shape index (κ1) is 20.5. The second-order valence-corrected chi connectivity index (χ2v) is 5.86. The quantitative estimate of drug-likeness (QED) is 0.424. The zero-order chi connectivity index (χ0) is 18.8. The summed E-state index contributed by atoms with van der Waals surface area (Å²) in [5.41, 5.74) is 1.21. The molecule has 0 bridgehead atoms. The molecule has 1 rings (SSSR count). The molecule has 0 aromatic heterocycles. The Hall–Kier alpha value is -2.52. The number of halogens is 1. The SMILES string of the molecule is C/C(=C\C(=O)[C@@H](C#N)C(=O)NCCCOC(C)C)c1ccc(F)cc1. The van der Waals surface area contributed by atoms with Gasteiger partial charge in [-0.3, -0.25) is 9.59 Å². The number of hydrogen-bond acceptors (Lipinski definition) is 4. The molecule has 0 saturated carbocycles. The van der Waals surface area contributed by atoms with Crippen LogP contribution in [0.5, 0.6) is 0 Å². The summed E-state index contributed by atoms with van der Waals surface area (Å²) in [7, 11) is 0. The molecule has 1 N–H and O–H groups in total. The van der Waals surface area contributed by atoms with Crippen molar-refractivity contribution in [2.24, 2.45) is 5.92 Å². The molecule has 5 nitrogen and oxygen atoms in total. The van der Waals surface area contributed by atoms with Gasteiger partial charge in [-0.05, 0) is 56.5 Å². The molecule has 1 aromatic carbocycles. The topological polar surface area (TPSA) is 79.2 Å². The van der Waals surface area contributed by atoms with E-state index in [1.807, 2.05) is 13.8 Å². The Bertz CT molecular complexity index is 660. The van der Waals surface area contributed by atoms with Crippen molar-refractivity contribution in [1.82, 2.24) is 5.32 Å². The number of carbonyl (C=O) groups is 2. The van der Waals surface area contributed by atoms with E-state index in [4.69, 9.17) is 10.00 Å². The van der Waals surface area contributed by atoms with Crippen LogP contribution in [0.15, 0.2) is 30.3 Å². The minimum absolute atomic E-state index is 0.115. The lowest BCUT2D eigenvalue weighted by Gasteiger charge is -2.10. The fourth-order valence-corrected chi connectivity index (χ4v) is 2.05. The Morgan fingerprint density at radius 3 is 2.52 bits per heavy atom. The Kier molecular flexibility index (Phi) is 8.51. The van der Waals surface area contributed by atoms with Crippen LogP contribution in [-0.4, -0.2) is 30.9 Å². The summed E-state index contributed by atoms with van der Waals surface area (Å²) >= 11 is 0. The van der Waals surface area contributed by atoms with Crippen LogP contribution in [0.25, 0.3) is 5.57 Å². The van der Waals surface area contributed by atoms with Crippen LogP contribution in [0.3, 0.4) is 0 Å². The fourth-order valence-electron chi connectivity index (χ4n) is 2.05. The number of amides is 1. The van der Waals surface area contributed by atoms with Crippen molar-refractivity contribution in [2.45, 2.75) is 33.3 Å². The van der Waals surface area contributed by atoms with Gasteiger partial charge in [0, 0.05) is 13.2 Å². The number of carbonyl (C=O) groups excluding carboxylic acids is 2. The lowest BCUT2D eigenvalue weighted by molar-refractivity contribution is -0.129. The predicted octanol–water partition coefficient (Wildman–Crippen LogP) is 2.87. The first-order chi connectivity index (χ1) is 11.8. The zero-order valence-corrected chi connectivity index (χ0v) is 14.7. The molecular weight excluding hydrogens is 323 g/mol. The highest BCUT2D eigenvalue weighted by Crippen LogP contribution is 2.15. The van der Waals surface area contributed by atoms with Crippen LogP contribution in [0, 0.1) is 23.1 Å². The molecule has 0 saturated heterocycles. The van der Waals surface area contributed by atoms with E-state index in [1.54, 1.807) is 13.0 Å². The number of ether oxygens (including phenoxy) is 1. The Balaban J connectivity index is 2.61. The second-order valence-electron chi connectivity index (χ2n) is 5.86. The summed E-state index contributed by atoms with van der Waals surface area (Å²) in [6.45, 7) is 6.32. The van der Waals surface area contributed by atoms with E-state index in [1.165, 1.54) is 30.3 Å². The van der Waals surface area contributed by atoms with Gasteiger partial charge in [0.2, 0.25) is 5.91 Å². The lowest BCUT2D eigenvalue weighted by Crippen LogP contribution is -2.35. The summed E-state index contributed by atoms with van der Waals surface area (Å²) in [5, 5.41) is 11.7. The Labute approximate surface area is 147 Å². The third-order valence-corrected chi connectivity index (χ3v) is 3.41. The van der Waals surface area contributed by atoms with Crippen molar-refractivity contribution in [3.8, 4) is 6.07 Å². The van der Waals surface area contributed by atoms with E-state index in [9.17, 15) is 14.0 Å². The zero-order valence-electron chi connectivity index (χ0n) is 14.7. The van der Waals surface area contributed by atoms with Crippen LogP contribution >= 0.6 is 0 Å². The van der Waals surface area contributed by atoms with Crippen molar-refractivity contribution < 1.29 is 18.7 Å². The largest absolute Gasteiger partial charge is 0.379 e. The standard InChI is InChI=1S/C19H23FN2O3/c1-13(2)25-10-4-9-22-19(24)17(12-21)18(23)11-14(3)15-5-7-16(20)8-6-15/h5-8,11,13,17H,4,9-10H2,1-3H3,(H,22,24)/b14-11+/t17-/m1/s1. The van der Waals surface area contributed by atoms with E-state index in [-0.39, 0.29) is 11.9 Å². The molecule has 0 spiro atoms. The molecule has 0 aliphatic rings. The lowest BCUT2D eigenvalue weighted by atomic mass is 9.99. The number of allylic oxidation sites excluding steroid dienone is 2. The number of nitrogens with zero attached hydrogens (tertiary/aromatic N) is 1. The summed E-state index contributed by atoms with van der Waals surface area (Å²) in [6.07, 6.45) is 1.95. The van der Waals surface area contributed by atoms with E-state index in [0.717, 1.165) is 0 Å². The molecule has 0 heterocycles. The van der Waals surface area contributed by atoms with Crippen LogP contribution in [0.2, 0.25) is 0 Å². The third-order valence-electron chi connectivity index (χ3n) is 3.41. The molecule has 25 heavy (non-hydrogen) atoms. The average Bonchev–Trinajstić information content (AvgIpc) is 2.55. The van der Waals surface area contributed by atoms with E-state index in [2.05, 4.69) is 5.32 Å². The normalized spacial score (nSPS) is 12.6. The van der Waals surface area contributed by atoms with Gasteiger partial charge in [0.15, 0.2) is 11.7 Å². The molecule has 6 heteroatoms. The van der Waals surface area contributed by atoms with E-state index in [0.29, 0.717) is 30.7 Å². The monoisotopic (exact) mass is 346 g/mol. The Morgan fingerprint density at radius 2 is 1.96 bits per heavy atom. The molecule has 134 valence electrons. The van der Waals surface area contributed by atoms with Gasteiger partial charge in [-0.1, -0.05) is 12.1 Å². The summed E-state index contributed by atoms with van der Waals surface area (Å²) in [5.74, 6) is -3.00. The van der Waals surface area contributed by atoms with Gasteiger partial charge >= 0.3 is 0 Å². The van der Waals surface area contributed by atoms with Crippen molar-refractivity contribution in [2.75, 3.05) is 13.2 Å². The maximum absolute atomic E-state index is 12.9. The molecule has 0 aliphatic heterocycles. The first-order valence-corrected chi connectivity index (χ1v) is 8.12. The number of benzene rings is 1. The highest BCUT2D eigenvalue weighted by molar-refractivity contribution is 6.11. The number of ketones is 1. The van der Waals surface area contributed by atoms with Crippen LogP contribution in [0.1, 0.15) is 32.8 Å². The minimum Gasteiger partial charge on any atom is -0.379 e. The Morgan fingerprint density at radius 1 is 1.32 bits per heavy atom. The van der Waals surface area contributed by atoms with Gasteiger partial charge in [-0.15, -0.1) is 0 Å². The van der Waals surface area contributed by atoms with Crippen LogP contribution in [-0.2, 0) is 14.3 Å². The minimum atomic E-state index is -1.40. The predicted molar refractivity (Wildman–Crippen MR) is 92.9 cm³/mol. The van der Waals surface area contributed by atoms with Crippen molar-refractivity contribution in [1.29, 1.82) is 5.26 Å². The molecule has 0 unspecified atom stereocenters. The van der Waals surface area contributed by atoms with Crippen LogP contribution < -0.4 is 5.32 Å². The number of nitrogens with one attached hydrogen (secondary N) is 1. The number of hydrogen-bond donors (Lipinski definition) is 1. The average molecular weight is 346 g/mol. The molecular formula is C19H23FN2O3. The fraction of sp³-hybridized carbons (Fsp3) is 0.421. The van der Waals surface area contributed by atoms with Gasteiger partial charge < -0.3 is 10.1 Å². The van der Waals surface area contributed by atoms with Gasteiger partial charge in [0.25, 0.3) is 0 Å². The molecule has 1 atom stereocenters. The van der Waals surface area contributed by atoms with Gasteiger partial charge in [-0.2, -0.15) is 5.26 Å². The first-order valence-electron chi connectivity index (χ1n) is 8.12. The number of nitriles is 1. The van der Waals surface area contributed by atoms with E-state index < -0.39 is 17.6 Å². The highest BCUT2D eigenvalue weighted by Gasteiger charge is 2.24. The molecule has 0 aliphatic carbocycles. The van der Waals surface area contributed by atoms with Crippen molar-refractivity contribution >= 4 is 17.3 Å². The van der Waals surface area contributed by atoms with Gasteiger partial charge in [0.05, 0.1) is 12.2 Å². The third kappa shape index (κ3) is 7.27. The van der Waals surface area contributed by atoms with Crippen LogP contribution in [0.4, 0.5) is 4.39 Å². The molecule has 0 fully saturated rings. The second kappa shape index (κ2) is 10.4. The summed E-state index contributed by atoms with van der Waals surface area (Å²) < 4.78 is 18.3. The summed E-state index contributed by atoms with van der Waals surface area (Å²) in [4.78, 5) is 24.2. The maximum Gasteiger partial charge on any atom is 0.245 e. The number of rotatable bonds is 9. The highest BCUT2D eigenvalue weighted by atomic mass is 19.1. The van der Waals surface area contributed by atoms with Gasteiger partial charge in [0.1, 0.15) is 5.82 Å². The van der Waals surface area contributed by atoms with Crippen molar-refractivity contribution in [3.05, 3.63) is 41.7 Å². The molecule has 0 radical (unpaired) electrons. The summed E-state index contributed by atoms with van der Waals surface area (Å²) in [6, 6.07) is 7.36. The smallest absolute Gasteiger partial charge is 0.245 e. The molecule has 1 amide bonds. The van der Waals surface area contributed by atoms with Crippen molar-refractivity contribution in [3.63, 3.8) is 0 Å². The van der Waals surface area contributed by atoms with Gasteiger partial charge in [-0.25, -0.2) is 4.39 Å².